The van der Waals surface area contributed by atoms with E-state index < -0.39 is 11.7 Å². The summed E-state index contributed by atoms with van der Waals surface area (Å²) in [4.78, 5) is 16.5. The zero-order valence-corrected chi connectivity index (χ0v) is 20.3. The van der Waals surface area contributed by atoms with Gasteiger partial charge in [0.15, 0.2) is 5.81 Å². The Balaban J connectivity index is 1.46. The molecule has 0 aromatic heterocycles. The van der Waals surface area contributed by atoms with E-state index in [9.17, 15) is 18.0 Å². The van der Waals surface area contributed by atoms with Crippen molar-refractivity contribution in [1.82, 2.24) is 5.32 Å². The number of ether oxygens (including phenoxy) is 2. The van der Waals surface area contributed by atoms with Gasteiger partial charge in [0.2, 0.25) is 0 Å². The summed E-state index contributed by atoms with van der Waals surface area (Å²) >= 11 is 0. The Bertz CT molecular complexity index is 1090. The van der Waals surface area contributed by atoms with Gasteiger partial charge in [0.1, 0.15) is 11.5 Å². The van der Waals surface area contributed by atoms with Crippen molar-refractivity contribution in [2.45, 2.75) is 51.1 Å². The van der Waals surface area contributed by atoms with Gasteiger partial charge in [-0.3, -0.25) is 9.79 Å². The summed E-state index contributed by atoms with van der Waals surface area (Å²) in [6.45, 7) is 5.38. The number of halogens is 3. The van der Waals surface area contributed by atoms with Crippen molar-refractivity contribution in [3.05, 3.63) is 84.2 Å². The quantitative estimate of drug-likeness (QED) is 0.291. The number of amides is 1. The number of hydrogen-bond acceptors (Lipinski definition) is 4. The minimum absolute atomic E-state index is 0.0153. The fourth-order valence-corrected chi connectivity index (χ4v) is 4.11. The predicted octanol–water partition coefficient (Wildman–Crippen LogP) is 6.77. The molecule has 1 fully saturated rings. The van der Waals surface area contributed by atoms with Crippen molar-refractivity contribution < 1.29 is 27.4 Å². The van der Waals surface area contributed by atoms with Crippen LogP contribution in [0.15, 0.2) is 78.1 Å². The highest BCUT2D eigenvalue weighted by Crippen LogP contribution is 2.32. The second-order valence-electron chi connectivity index (χ2n) is 8.65. The summed E-state index contributed by atoms with van der Waals surface area (Å²) in [7, 11) is 0. The van der Waals surface area contributed by atoms with Crippen LogP contribution in [0, 0.1) is 0 Å². The average molecular weight is 498 g/mol. The largest absolute Gasteiger partial charge is 0.493 e. The number of hydrogen-bond donors (Lipinski definition) is 1. The third-order valence-electron chi connectivity index (χ3n) is 5.90. The molecule has 0 radical (unpaired) electrons. The van der Waals surface area contributed by atoms with E-state index in [1.807, 2.05) is 6.07 Å². The fourth-order valence-electron chi connectivity index (χ4n) is 4.11. The summed E-state index contributed by atoms with van der Waals surface area (Å²) in [5, 5.41) is 2.88. The first kappa shape index (κ1) is 27.1. The molecule has 2 aromatic carbocycles. The van der Waals surface area contributed by atoms with Gasteiger partial charge >= 0.3 is 6.18 Å². The molecule has 0 spiro atoms. The smallest absolute Gasteiger partial charge is 0.416 e. The van der Waals surface area contributed by atoms with Crippen LogP contribution >= 0.6 is 0 Å². The topological polar surface area (TPSA) is 59.9 Å². The van der Waals surface area contributed by atoms with Crippen LogP contribution in [-0.4, -0.2) is 31.4 Å². The summed E-state index contributed by atoms with van der Waals surface area (Å²) in [6, 6.07) is 12.6. The minimum atomic E-state index is -4.39. The van der Waals surface area contributed by atoms with Crippen LogP contribution in [0.3, 0.4) is 0 Å². The predicted molar refractivity (Wildman–Crippen MR) is 137 cm³/mol. The van der Waals surface area contributed by atoms with E-state index in [0.717, 1.165) is 18.9 Å². The van der Waals surface area contributed by atoms with Crippen LogP contribution in [-0.2, 0) is 12.6 Å². The maximum Gasteiger partial charge on any atom is 0.416 e. The van der Waals surface area contributed by atoms with Gasteiger partial charge in [0.25, 0.3) is 6.71 Å². The highest BCUT2D eigenvalue weighted by atomic mass is 19.4. The van der Waals surface area contributed by atoms with Crippen molar-refractivity contribution in [2.24, 2.45) is 4.99 Å². The maximum absolute atomic E-state index is 13.2. The Labute approximate surface area is 210 Å². The Morgan fingerprint density at radius 3 is 2.61 bits per heavy atom. The second kappa shape index (κ2) is 13.0. The Morgan fingerprint density at radius 1 is 1.17 bits per heavy atom. The van der Waals surface area contributed by atoms with Crippen LogP contribution in [0.2, 0.25) is 12.6 Å². The number of nitrogens with one attached hydrogen (secondary N) is 1. The van der Waals surface area contributed by atoms with Crippen LogP contribution in [0.1, 0.15) is 30.9 Å². The molecule has 2 aromatic rings. The van der Waals surface area contributed by atoms with E-state index in [2.05, 4.69) is 16.9 Å². The molecule has 1 saturated heterocycles. The van der Waals surface area contributed by atoms with Gasteiger partial charge < -0.3 is 14.8 Å². The normalized spacial score (nSPS) is 15.1. The van der Waals surface area contributed by atoms with E-state index in [1.54, 1.807) is 49.7 Å². The number of alkyl halides is 3. The van der Waals surface area contributed by atoms with Gasteiger partial charge in [-0.1, -0.05) is 49.6 Å². The molecule has 0 atom stereocenters. The third kappa shape index (κ3) is 8.32. The first-order valence-corrected chi connectivity index (χ1v) is 11.9. The van der Waals surface area contributed by atoms with E-state index >= 15 is 0 Å². The SMILES string of the molecule is C=C/C=N\C=C(/C)NC(=O)B1CCC(Oc2cccc(OCCc3ccccc3C(F)(F)F)c2)CC1. The van der Waals surface area contributed by atoms with Gasteiger partial charge in [-0.05, 0) is 43.5 Å². The van der Waals surface area contributed by atoms with Gasteiger partial charge in [0, 0.05) is 30.6 Å². The molecule has 0 unspecified atom stereocenters. The van der Waals surface area contributed by atoms with Crippen molar-refractivity contribution in [3.8, 4) is 11.5 Å². The van der Waals surface area contributed by atoms with Gasteiger partial charge in [-0.2, -0.15) is 13.2 Å². The standard InChI is InChI=1S/C27H30BF3N2O3/c1-3-16-32-19-20(2)33-26(34)28-14-11-22(12-15-28)36-24-9-6-8-23(18-24)35-17-13-21-7-4-5-10-25(21)27(29,30)31/h3-10,16,18-19,22H,1,11-15,17H2,2H3,(H,33,34)/b20-19+,32-16-. The molecule has 9 heteroatoms. The lowest BCUT2D eigenvalue weighted by Gasteiger charge is -2.26. The highest BCUT2D eigenvalue weighted by Gasteiger charge is 2.33. The zero-order valence-electron chi connectivity index (χ0n) is 20.3. The minimum Gasteiger partial charge on any atom is -0.493 e. The number of allylic oxidation sites excluding steroid dienone is 2. The monoisotopic (exact) mass is 498 g/mol. The summed E-state index contributed by atoms with van der Waals surface area (Å²) < 4.78 is 51.3. The molecule has 1 aliphatic heterocycles. The Kier molecular flexibility index (Phi) is 9.79. The fraction of sp³-hybridized carbons (Fsp3) is 0.333. The second-order valence-corrected chi connectivity index (χ2v) is 8.65. The molecule has 5 nitrogen and oxygen atoms in total. The molecule has 3 rings (SSSR count). The maximum atomic E-state index is 13.2. The first-order chi connectivity index (χ1) is 17.3. The zero-order chi connectivity index (χ0) is 26.0. The van der Waals surface area contributed by atoms with Crippen molar-refractivity contribution in [2.75, 3.05) is 6.61 Å². The molecule has 1 amide bonds. The van der Waals surface area contributed by atoms with Gasteiger partial charge in [0.05, 0.1) is 18.3 Å². The molecule has 0 aliphatic carbocycles. The third-order valence-corrected chi connectivity index (χ3v) is 5.90. The van der Waals surface area contributed by atoms with Gasteiger partial charge in [-0.15, -0.1) is 0 Å². The summed E-state index contributed by atoms with van der Waals surface area (Å²) in [5.74, 6) is 1.15. The van der Waals surface area contributed by atoms with E-state index in [0.29, 0.717) is 29.8 Å². The van der Waals surface area contributed by atoms with Crippen LogP contribution in [0.25, 0.3) is 0 Å². The molecule has 36 heavy (non-hydrogen) atoms. The molecule has 0 bridgehead atoms. The van der Waals surface area contributed by atoms with Crippen molar-refractivity contribution in [1.29, 1.82) is 0 Å². The molecular weight excluding hydrogens is 468 g/mol. The van der Waals surface area contributed by atoms with E-state index in [1.165, 1.54) is 12.1 Å². The Hall–Kier alpha value is -3.49. The van der Waals surface area contributed by atoms with Gasteiger partial charge in [-0.25, -0.2) is 0 Å². The molecule has 1 N–H and O–H groups in total. The molecular formula is C27H30BF3N2O3. The number of carbonyl (C=O) groups excluding carboxylic acids is 1. The first-order valence-electron chi connectivity index (χ1n) is 11.9. The molecule has 190 valence electrons. The lowest BCUT2D eigenvalue weighted by atomic mass is 9.40. The molecule has 1 aliphatic rings. The van der Waals surface area contributed by atoms with Crippen molar-refractivity contribution in [3.63, 3.8) is 0 Å². The molecule has 1 heterocycles. The van der Waals surface area contributed by atoms with Crippen LogP contribution in [0.4, 0.5) is 18.0 Å². The van der Waals surface area contributed by atoms with E-state index in [-0.39, 0.29) is 37.2 Å². The summed E-state index contributed by atoms with van der Waals surface area (Å²) in [6.07, 6.45) is 3.35. The highest BCUT2D eigenvalue weighted by molar-refractivity contribution is 6.90. The Morgan fingerprint density at radius 2 is 1.89 bits per heavy atom. The lowest BCUT2D eigenvalue weighted by molar-refractivity contribution is -0.138. The lowest BCUT2D eigenvalue weighted by Crippen LogP contribution is -2.40. The number of benzene rings is 2. The molecule has 0 saturated carbocycles. The van der Waals surface area contributed by atoms with E-state index in [4.69, 9.17) is 9.47 Å². The number of carbonyl (C=O) groups is 1. The average Bonchev–Trinajstić information content (AvgIpc) is 2.84. The van der Waals surface area contributed by atoms with Crippen LogP contribution in [0.5, 0.6) is 11.5 Å². The number of aliphatic imine (C=N–C) groups is 1. The number of nitrogens with zero attached hydrogens (tertiary/aromatic N) is 1. The van der Waals surface area contributed by atoms with Crippen molar-refractivity contribution >= 4 is 18.7 Å². The summed E-state index contributed by atoms with van der Waals surface area (Å²) in [5.41, 5.74) is 0.242. The number of rotatable bonds is 10. The van der Waals surface area contributed by atoms with Crippen LogP contribution < -0.4 is 14.8 Å².